The maximum absolute atomic E-state index is 4.93. The van der Waals surface area contributed by atoms with E-state index in [1.165, 1.54) is 54.6 Å². The topological polar surface area (TPSA) is 25.8 Å². The monoisotopic (exact) mass is 758 g/mol. The van der Waals surface area contributed by atoms with Crippen LogP contribution >= 0.6 is 17.0 Å². The van der Waals surface area contributed by atoms with Gasteiger partial charge in [-0.2, -0.15) is 12.1 Å². The molecule has 8 aromatic rings. The molecule has 238 valence electrons. The molecule has 8 rings (SSSR count). The third-order valence-corrected chi connectivity index (χ3v) is 8.19. The average molecular weight is 761 g/mol. The van der Waals surface area contributed by atoms with Gasteiger partial charge in [-0.15, -0.1) is 69.1 Å². The molecule has 0 amide bonds. The number of halogens is 2. The Morgan fingerprint density at radius 2 is 0.958 bits per heavy atom. The first kappa shape index (κ1) is 35.9. The molecule has 0 aliphatic carbocycles. The molecule has 0 fully saturated rings. The molecule has 6 heteroatoms. The molecule has 0 aliphatic heterocycles. The summed E-state index contributed by atoms with van der Waals surface area (Å²) < 4.78 is 0. The zero-order chi connectivity index (χ0) is 33.9. The van der Waals surface area contributed by atoms with Gasteiger partial charge in [0, 0.05) is 20.3 Å². The van der Waals surface area contributed by atoms with Gasteiger partial charge < -0.3 is 0 Å². The van der Waals surface area contributed by atoms with Crippen LogP contribution in [0.25, 0.3) is 65.9 Å². The van der Waals surface area contributed by atoms with E-state index in [2.05, 4.69) is 148 Å². The van der Waals surface area contributed by atoms with Gasteiger partial charge in [-0.05, 0) is 48.2 Å². The minimum absolute atomic E-state index is 0.826. The van der Waals surface area contributed by atoms with Crippen LogP contribution in [-0.2, 0) is 33.7 Å². The molecule has 0 aliphatic rings. The normalized spacial score (nSPS) is 10.5. The number of benzene rings is 4. The van der Waals surface area contributed by atoms with Gasteiger partial charge in [0.15, 0.2) is 0 Å². The predicted molar refractivity (Wildman–Crippen MR) is 208 cm³/mol. The van der Waals surface area contributed by atoms with E-state index >= 15 is 0 Å². The number of fused-ring (bicyclic) bond motifs is 4. The molecule has 2 radical (unpaired) electrons. The quantitative estimate of drug-likeness (QED) is 0.132. The maximum atomic E-state index is 4.93. The summed E-state index contributed by atoms with van der Waals surface area (Å²) in [5, 5.41) is 7.59. The first-order valence-electron chi connectivity index (χ1n) is 16.2. The van der Waals surface area contributed by atoms with Crippen molar-refractivity contribution in [3.05, 3.63) is 145 Å². The Bertz CT molecular complexity index is 2080. The van der Waals surface area contributed by atoms with Crippen molar-refractivity contribution in [3.63, 3.8) is 0 Å². The van der Waals surface area contributed by atoms with Crippen molar-refractivity contribution in [2.75, 3.05) is 0 Å². The van der Waals surface area contributed by atoms with Gasteiger partial charge in [0.2, 0.25) is 0 Å². The van der Waals surface area contributed by atoms with Crippen LogP contribution in [-0.4, -0.2) is 19.5 Å². The second kappa shape index (κ2) is 17.8. The zero-order valence-electron chi connectivity index (χ0n) is 27.8. The molecule has 0 saturated heterocycles. The fourth-order valence-electron chi connectivity index (χ4n) is 5.88. The summed E-state index contributed by atoms with van der Waals surface area (Å²) in [6.45, 7) is 8.70. The number of pyridine rings is 2. The molecule has 0 N–H and O–H groups in total. The standard InChI is InChI=1S/2C20H16N.C2H6Si.2ClH.Zr/c2*1-2-14-12-16-7-5-8-17(18(16)13-14)20-11-10-15-6-3-4-9-19(15)21-20;1-3-2;;;/h2*3-13H,2H2,1H3;1-2H3;2*1H;/q2*-1;;;;+4/p-2. The van der Waals surface area contributed by atoms with E-state index in [9.17, 15) is 0 Å². The number of rotatable bonds is 4. The number of nitrogens with zero attached hydrogens (tertiary/aromatic N) is 2. The number of hydrogen-bond acceptors (Lipinski definition) is 2. The van der Waals surface area contributed by atoms with Crippen LogP contribution < -0.4 is 0 Å². The molecule has 0 bridgehead atoms. The summed E-state index contributed by atoms with van der Waals surface area (Å²) in [4.78, 5) is 9.66. The predicted octanol–water partition coefficient (Wildman–Crippen LogP) is 12.8. The molecule has 0 spiro atoms. The van der Waals surface area contributed by atoms with Gasteiger partial charge in [-0.1, -0.05) is 87.6 Å². The third kappa shape index (κ3) is 8.60. The van der Waals surface area contributed by atoms with Crippen molar-refractivity contribution in [1.82, 2.24) is 9.97 Å². The van der Waals surface area contributed by atoms with Crippen LogP contribution in [0, 0.1) is 0 Å². The molecular weight excluding hydrogens is 723 g/mol. The van der Waals surface area contributed by atoms with Gasteiger partial charge in [-0.3, -0.25) is 0 Å². The Labute approximate surface area is 305 Å². The molecular formula is C42H38Cl2N2SiZr. The summed E-state index contributed by atoms with van der Waals surface area (Å²) in [6, 6.07) is 47.1. The number of aryl methyl sites for hydroxylation is 2. The Morgan fingerprint density at radius 3 is 1.35 bits per heavy atom. The van der Waals surface area contributed by atoms with Crippen molar-refractivity contribution in [1.29, 1.82) is 0 Å². The molecule has 0 unspecified atom stereocenters. The Morgan fingerprint density at radius 1 is 0.562 bits per heavy atom. The molecule has 0 saturated carbocycles. The van der Waals surface area contributed by atoms with E-state index in [1.54, 1.807) is 0 Å². The van der Waals surface area contributed by atoms with E-state index in [4.69, 9.17) is 27.0 Å². The molecule has 0 atom stereocenters. The molecule has 2 nitrogen and oxygen atoms in total. The Kier molecular flexibility index (Phi) is 13.3. The second-order valence-electron chi connectivity index (χ2n) is 11.4. The number of para-hydroxylation sites is 2. The van der Waals surface area contributed by atoms with Gasteiger partial charge in [0.05, 0.1) is 22.4 Å². The van der Waals surface area contributed by atoms with Gasteiger partial charge in [-0.25, -0.2) is 9.97 Å². The summed E-state index contributed by atoms with van der Waals surface area (Å²) in [5.41, 5.74) is 9.41. The first-order chi connectivity index (χ1) is 23.5. The van der Waals surface area contributed by atoms with Crippen molar-refractivity contribution in [2.45, 2.75) is 39.8 Å². The molecule has 48 heavy (non-hydrogen) atoms. The van der Waals surface area contributed by atoms with Crippen LogP contribution in [0.15, 0.2) is 133 Å². The summed E-state index contributed by atoms with van der Waals surface area (Å²) in [5.74, 6) is 0. The van der Waals surface area contributed by atoms with Gasteiger partial charge in [0.25, 0.3) is 0 Å². The van der Waals surface area contributed by atoms with Crippen LogP contribution in [0.2, 0.25) is 13.1 Å². The summed E-state index contributed by atoms with van der Waals surface area (Å²) in [6.07, 6.45) is 2.14. The fraction of sp³-hybridized carbons (Fsp3) is 0.143. The molecule has 6 aromatic carbocycles. The van der Waals surface area contributed by atoms with Crippen LogP contribution in [0.4, 0.5) is 0 Å². The summed E-state index contributed by atoms with van der Waals surface area (Å²) in [7, 11) is 11.0. The molecule has 2 heterocycles. The van der Waals surface area contributed by atoms with Crippen molar-refractivity contribution >= 4 is 69.9 Å². The van der Waals surface area contributed by atoms with Crippen LogP contribution in [0.5, 0.6) is 0 Å². The number of hydrogen-bond donors (Lipinski definition) is 0. The van der Waals surface area contributed by atoms with Crippen molar-refractivity contribution in [3.8, 4) is 22.5 Å². The van der Waals surface area contributed by atoms with E-state index in [0.717, 1.165) is 44.8 Å². The zero-order valence-corrected chi connectivity index (χ0v) is 32.7. The first-order valence-corrected chi connectivity index (χ1v) is 24.5. The Balaban J connectivity index is 0.000000162. The Hall–Kier alpha value is -3.40. The minimum atomic E-state index is -0.826. The van der Waals surface area contributed by atoms with Crippen molar-refractivity contribution in [2.24, 2.45) is 0 Å². The van der Waals surface area contributed by atoms with Gasteiger partial charge in [0.1, 0.15) is 0 Å². The average Bonchev–Trinajstić information content (AvgIpc) is 3.76. The van der Waals surface area contributed by atoms with Crippen molar-refractivity contribution < 1.29 is 20.8 Å². The molecule has 2 aromatic heterocycles. The van der Waals surface area contributed by atoms with E-state index in [-0.39, 0.29) is 0 Å². The third-order valence-electron chi connectivity index (χ3n) is 8.19. The van der Waals surface area contributed by atoms with Gasteiger partial charge >= 0.3 is 37.9 Å². The fourth-order valence-corrected chi connectivity index (χ4v) is 5.88. The van der Waals surface area contributed by atoms with E-state index in [0.29, 0.717) is 0 Å². The SMILES string of the molecule is CCc1cc2c(-c3ccc4ccccc4n3)cccc2[cH-]1.CCc1cc2c(-c3ccc4ccccc4n3)cccc2[cH-]1.C[Si]C.[Cl][Zr+2][Cl]. The summed E-state index contributed by atoms with van der Waals surface area (Å²) >= 11 is -0.826. The van der Waals surface area contributed by atoms with E-state index in [1.807, 2.05) is 12.1 Å². The van der Waals surface area contributed by atoms with Crippen LogP contribution in [0.1, 0.15) is 25.0 Å². The van der Waals surface area contributed by atoms with Crippen LogP contribution in [0.3, 0.4) is 0 Å². The van der Waals surface area contributed by atoms with E-state index < -0.39 is 20.8 Å². The number of aromatic nitrogens is 2. The second-order valence-corrected chi connectivity index (χ2v) is 16.1.